The van der Waals surface area contributed by atoms with Crippen LogP contribution in [-0.4, -0.2) is 42.8 Å². The molecule has 0 fully saturated rings. The first kappa shape index (κ1) is 18.5. The number of rotatable bonds is 8. The molecule has 0 spiro atoms. The average molecular weight is 364 g/mol. The number of amides is 1. The number of nitrogens with zero attached hydrogens (tertiary/aromatic N) is 6. The standard InChI is InChI=1S/C18H20N8O/c19-10-4-1-2-7-16(27)22-13-8-9-15(21-12-13)18-25-23-17(24-26-18)14-6-3-5-11-20-14/h3,5-6,8-9,11-12H,1-2,4,7,10,19H2,(H,22,27). The molecule has 0 aliphatic heterocycles. The molecule has 3 heterocycles. The molecule has 0 unspecified atom stereocenters. The van der Waals surface area contributed by atoms with E-state index >= 15 is 0 Å². The van der Waals surface area contributed by atoms with Crippen LogP contribution in [0.3, 0.4) is 0 Å². The second-order valence-electron chi connectivity index (χ2n) is 5.84. The summed E-state index contributed by atoms with van der Waals surface area (Å²) in [4.78, 5) is 20.3. The van der Waals surface area contributed by atoms with E-state index in [4.69, 9.17) is 5.73 Å². The lowest BCUT2D eigenvalue weighted by Gasteiger charge is -2.05. The van der Waals surface area contributed by atoms with Crippen molar-refractivity contribution in [2.75, 3.05) is 11.9 Å². The zero-order valence-electron chi connectivity index (χ0n) is 14.7. The molecule has 0 saturated heterocycles. The first-order chi connectivity index (χ1) is 13.3. The SMILES string of the molecule is NCCCCCC(=O)Nc1ccc(-c2nnc(-c3ccccn3)nn2)nc1. The number of pyridine rings is 2. The Balaban J connectivity index is 1.59. The molecule has 0 atom stereocenters. The molecule has 0 aliphatic carbocycles. The van der Waals surface area contributed by atoms with Crippen molar-refractivity contribution in [3.05, 3.63) is 42.7 Å². The highest BCUT2D eigenvalue weighted by Gasteiger charge is 2.09. The van der Waals surface area contributed by atoms with Gasteiger partial charge in [0.05, 0.1) is 11.9 Å². The van der Waals surface area contributed by atoms with Gasteiger partial charge in [0.2, 0.25) is 17.6 Å². The molecule has 0 aliphatic rings. The molecule has 1 amide bonds. The highest BCUT2D eigenvalue weighted by molar-refractivity contribution is 5.90. The molecule has 0 saturated carbocycles. The Morgan fingerprint density at radius 1 is 0.889 bits per heavy atom. The summed E-state index contributed by atoms with van der Waals surface area (Å²) < 4.78 is 0. The third-order valence-electron chi connectivity index (χ3n) is 3.76. The summed E-state index contributed by atoms with van der Waals surface area (Å²) in [6.45, 7) is 0.654. The number of carbonyl (C=O) groups is 1. The number of hydrogen-bond acceptors (Lipinski definition) is 8. The Morgan fingerprint density at radius 3 is 2.22 bits per heavy atom. The summed E-state index contributed by atoms with van der Waals surface area (Å²) in [5.74, 6) is 0.605. The van der Waals surface area contributed by atoms with Crippen LogP contribution in [0.4, 0.5) is 5.69 Å². The lowest BCUT2D eigenvalue weighted by molar-refractivity contribution is -0.116. The smallest absolute Gasteiger partial charge is 0.224 e. The lowest BCUT2D eigenvalue weighted by Crippen LogP contribution is -2.11. The summed E-state index contributed by atoms with van der Waals surface area (Å²) in [5.41, 5.74) is 7.17. The van der Waals surface area contributed by atoms with Crippen LogP contribution in [0.1, 0.15) is 25.7 Å². The van der Waals surface area contributed by atoms with Gasteiger partial charge in [0, 0.05) is 12.6 Å². The first-order valence-electron chi connectivity index (χ1n) is 8.71. The van der Waals surface area contributed by atoms with Gasteiger partial charge in [-0.15, -0.1) is 20.4 Å². The Kier molecular flexibility index (Phi) is 6.42. The van der Waals surface area contributed by atoms with Crippen molar-refractivity contribution < 1.29 is 4.79 Å². The zero-order valence-corrected chi connectivity index (χ0v) is 14.7. The zero-order chi connectivity index (χ0) is 18.9. The van der Waals surface area contributed by atoms with Crippen LogP contribution >= 0.6 is 0 Å². The minimum absolute atomic E-state index is 0.0409. The van der Waals surface area contributed by atoms with Crippen LogP contribution in [0, 0.1) is 0 Å². The number of nitrogens with one attached hydrogen (secondary N) is 1. The van der Waals surface area contributed by atoms with Crippen molar-refractivity contribution in [3.8, 4) is 23.0 Å². The minimum Gasteiger partial charge on any atom is -0.330 e. The molecule has 0 bridgehead atoms. The fourth-order valence-electron chi connectivity index (χ4n) is 2.36. The normalized spacial score (nSPS) is 10.6. The third kappa shape index (κ3) is 5.32. The topological polar surface area (TPSA) is 132 Å². The van der Waals surface area contributed by atoms with Gasteiger partial charge in [-0.1, -0.05) is 12.5 Å². The molecule has 9 nitrogen and oxygen atoms in total. The summed E-state index contributed by atoms with van der Waals surface area (Å²) in [6, 6.07) is 8.89. The predicted molar refractivity (Wildman–Crippen MR) is 100 cm³/mol. The second-order valence-corrected chi connectivity index (χ2v) is 5.84. The van der Waals surface area contributed by atoms with E-state index in [1.54, 1.807) is 30.6 Å². The Morgan fingerprint density at radius 2 is 1.63 bits per heavy atom. The van der Waals surface area contributed by atoms with Crippen LogP contribution in [0.5, 0.6) is 0 Å². The molecule has 3 aromatic rings. The van der Waals surface area contributed by atoms with E-state index in [0.29, 0.717) is 41.7 Å². The molecular formula is C18H20N8O. The molecule has 27 heavy (non-hydrogen) atoms. The van der Waals surface area contributed by atoms with Crippen molar-refractivity contribution in [2.24, 2.45) is 5.73 Å². The van der Waals surface area contributed by atoms with E-state index in [9.17, 15) is 4.79 Å². The maximum atomic E-state index is 11.9. The summed E-state index contributed by atoms with van der Waals surface area (Å²) in [6.07, 6.45) is 6.39. The van der Waals surface area contributed by atoms with Gasteiger partial charge in [0.25, 0.3) is 0 Å². The van der Waals surface area contributed by atoms with Gasteiger partial charge in [-0.05, 0) is 43.7 Å². The lowest BCUT2D eigenvalue weighted by atomic mass is 10.2. The van der Waals surface area contributed by atoms with Gasteiger partial charge in [0.15, 0.2) is 0 Å². The molecule has 0 radical (unpaired) electrons. The maximum Gasteiger partial charge on any atom is 0.224 e. The van der Waals surface area contributed by atoms with Gasteiger partial charge >= 0.3 is 0 Å². The van der Waals surface area contributed by atoms with Gasteiger partial charge in [0.1, 0.15) is 11.4 Å². The van der Waals surface area contributed by atoms with Gasteiger partial charge < -0.3 is 11.1 Å². The number of unbranched alkanes of at least 4 members (excludes halogenated alkanes) is 2. The Hall–Kier alpha value is -3.33. The van der Waals surface area contributed by atoms with Crippen LogP contribution in [-0.2, 0) is 4.79 Å². The number of nitrogens with two attached hydrogens (primary N) is 1. The summed E-state index contributed by atoms with van der Waals surface area (Å²) in [5, 5.41) is 19.0. The Labute approximate surface area is 156 Å². The highest BCUT2D eigenvalue weighted by atomic mass is 16.1. The quantitative estimate of drug-likeness (QED) is 0.579. The van der Waals surface area contributed by atoms with Crippen molar-refractivity contribution >= 4 is 11.6 Å². The van der Waals surface area contributed by atoms with Crippen LogP contribution in [0.25, 0.3) is 23.0 Å². The highest BCUT2D eigenvalue weighted by Crippen LogP contribution is 2.15. The number of aromatic nitrogens is 6. The monoisotopic (exact) mass is 364 g/mol. The molecule has 138 valence electrons. The largest absolute Gasteiger partial charge is 0.330 e. The molecule has 3 aromatic heterocycles. The van der Waals surface area contributed by atoms with Crippen molar-refractivity contribution in [1.29, 1.82) is 0 Å². The van der Waals surface area contributed by atoms with Crippen molar-refractivity contribution in [3.63, 3.8) is 0 Å². The number of carbonyl (C=O) groups excluding carboxylic acids is 1. The third-order valence-corrected chi connectivity index (χ3v) is 3.76. The summed E-state index contributed by atoms with van der Waals surface area (Å²) >= 11 is 0. The number of hydrogen-bond donors (Lipinski definition) is 2. The fraction of sp³-hybridized carbons (Fsp3) is 0.278. The van der Waals surface area contributed by atoms with Crippen LogP contribution < -0.4 is 11.1 Å². The van der Waals surface area contributed by atoms with Gasteiger partial charge in [-0.25, -0.2) is 0 Å². The fourth-order valence-corrected chi connectivity index (χ4v) is 2.36. The molecular weight excluding hydrogens is 344 g/mol. The van der Waals surface area contributed by atoms with E-state index < -0.39 is 0 Å². The van der Waals surface area contributed by atoms with Crippen LogP contribution in [0.15, 0.2) is 42.7 Å². The van der Waals surface area contributed by atoms with E-state index in [2.05, 4.69) is 35.7 Å². The van der Waals surface area contributed by atoms with Gasteiger partial charge in [-0.3, -0.25) is 14.8 Å². The van der Waals surface area contributed by atoms with Crippen LogP contribution in [0.2, 0.25) is 0 Å². The first-order valence-corrected chi connectivity index (χ1v) is 8.71. The average Bonchev–Trinajstić information content (AvgIpc) is 2.73. The van der Waals surface area contributed by atoms with E-state index in [-0.39, 0.29) is 5.91 Å². The van der Waals surface area contributed by atoms with Crippen molar-refractivity contribution in [2.45, 2.75) is 25.7 Å². The molecule has 3 N–H and O–H groups in total. The van der Waals surface area contributed by atoms with E-state index in [0.717, 1.165) is 19.3 Å². The molecule has 3 rings (SSSR count). The minimum atomic E-state index is -0.0409. The second kappa shape index (κ2) is 9.39. The summed E-state index contributed by atoms with van der Waals surface area (Å²) in [7, 11) is 0. The Bertz CT molecular complexity index is 853. The van der Waals surface area contributed by atoms with E-state index in [1.165, 1.54) is 0 Å². The molecule has 0 aromatic carbocycles. The number of anilines is 1. The predicted octanol–water partition coefficient (Wildman–Crippen LogP) is 1.85. The maximum absolute atomic E-state index is 11.9. The van der Waals surface area contributed by atoms with Gasteiger partial charge in [-0.2, -0.15) is 0 Å². The molecule has 9 heteroatoms. The van der Waals surface area contributed by atoms with Crippen molar-refractivity contribution in [1.82, 2.24) is 30.4 Å². The van der Waals surface area contributed by atoms with E-state index in [1.807, 2.05) is 12.1 Å².